The Hall–Kier alpha value is -1.84. The Morgan fingerprint density at radius 3 is 2.78 bits per heavy atom. The minimum atomic E-state index is -0.494. The van der Waals surface area contributed by atoms with E-state index in [1.165, 1.54) is 24.0 Å². The highest BCUT2D eigenvalue weighted by molar-refractivity contribution is 5.88. The van der Waals surface area contributed by atoms with Gasteiger partial charge in [-0.2, -0.15) is 0 Å². The Morgan fingerprint density at radius 2 is 2.06 bits per heavy atom. The molecule has 0 N–H and O–H groups in total. The summed E-state index contributed by atoms with van der Waals surface area (Å²) >= 11 is 0. The van der Waals surface area contributed by atoms with Crippen molar-refractivity contribution in [2.45, 2.75) is 32.6 Å². The number of aryl methyl sites for hydroxylation is 2. The maximum atomic E-state index is 11.6. The van der Waals surface area contributed by atoms with Crippen molar-refractivity contribution in [1.29, 1.82) is 0 Å². The van der Waals surface area contributed by atoms with Gasteiger partial charge in [0.25, 0.3) is 0 Å². The zero-order valence-electron chi connectivity index (χ0n) is 10.4. The largest absolute Gasteiger partial charge is 0.459 e. The number of benzene rings is 1. The van der Waals surface area contributed by atoms with Gasteiger partial charge in [-0.05, 0) is 55.9 Å². The standard InChI is InChI=1S/C14H15NO3/c1-2-17-14(16)13-15-11-7-9-5-3-4-6-10(9)8-12(11)18-13/h7-8H,2-6H2,1H3. The van der Waals surface area contributed by atoms with Gasteiger partial charge in [0, 0.05) is 0 Å². The molecule has 0 spiro atoms. The molecule has 4 heteroatoms. The number of nitrogens with zero attached hydrogens (tertiary/aromatic N) is 1. The van der Waals surface area contributed by atoms with Crippen molar-refractivity contribution in [2.75, 3.05) is 6.61 Å². The van der Waals surface area contributed by atoms with Gasteiger partial charge in [0.1, 0.15) is 5.52 Å². The molecule has 0 saturated heterocycles. The zero-order valence-corrected chi connectivity index (χ0v) is 10.4. The van der Waals surface area contributed by atoms with E-state index in [0.29, 0.717) is 12.2 Å². The average molecular weight is 245 g/mol. The molecule has 1 aliphatic rings. The van der Waals surface area contributed by atoms with Crippen LogP contribution in [0.1, 0.15) is 41.6 Å². The van der Waals surface area contributed by atoms with Crippen LogP contribution in [0.4, 0.5) is 0 Å². The molecule has 1 aliphatic carbocycles. The monoisotopic (exact) mass is 245 g/mol. The summed E-state index contributed by atoms with van der Waals surface area (Å²) in [5.41, 5.74) is 4.08. The summed E-state index contributed by atoms with van der Waals surface area (Å²) in [7, 11) is 0. The Balaban J connectivity index is 2.04. The first kappa shape index (κ1) is 11.3. The minimum Gasteiger partial charge on any atom is -0.459 e. The van der Waals surface area contributed by atoms with Gasteiger partial charge in [-0.3, -0.25) is 0 Å². The smallest absolute Gasteiger partial charge is 0.394 e. The van der Waals surface area contributed by atoms with Crippen LogP contribution in [0.5, 0.6) is 0 Å². The van der Waals surface area contributed by atoms with Crippen LogP contribution in [-0.4, -0.2) is 17.6 Å². The molecule has 1 heterocycles. The molecule has 18 heavy (non-hydrogen) atoms. The quantitative estimate of drug-likeness (QED) is 0.763. The topological polar surface area (TPSA) is 52.3 Å². The number of rotatable bonds is 2. The van der Waals surface area contributed by atoms with Crippen molar-refractivity contribution in [3.05, 3.63) is 29.2 Å². The molecule has 0 aliphatic heterocycles. The summed E-state index contributed by atoms with van der Waals surface area (Å²) in [6.07, 6.45) is 4.62. The van der Waals surface area contributed by atoms with Crippen LogP contribution >= 0.6 is 0 Å². The van der Waals surface area contributed by atoms with Crippen molar-refractivity contribution in [2.24, 2.45) is 0 Å². The summed E-state index contributed by atoms with van der Waals surface area (Å²) in [6, 6.07) is 4.05. The van der Waals surface area contributed by atoms with E-state index in [1.54, 1.807) is 6.92 Å². The molecular weight excluding hydrogens is 230 g/mol. The van der Waals surface area contributed by atoms with Gasteiger partial charge in [0.2, 0.25) is 0 Å². The zero-order chi connectivity index (χ0) is 12.5. The van der Waals surface area contributed by atoms with Gasteiger partial charge in [0.15, 0.2) is 5.58 Å². The van der Waals surface area contributed by atoms with Crippen molar-refractivity contribution < 1.29 is 13.9 Å². The van der Waals surface area contributed by atoms with Crippen LogP contribution in [-0.2, 0) is 17.6 Å². The number of esters is 1. The second-order valence-corrected chi connectivity index (χ2v) is 4.54. The summed E-state index contributed by atoms with van der Waals surface area (Å²) in [4.78, 5) is 15.8. The van der Waals surface area contributed by atoms with E-state index < -0.39 is 5.97 Å². The lowest BCUT2D eigenvalue weighted by Crippen LogP contribution is -2.04. The van der Waals surface area contributed by atoms with E-state index in [2.05, 4.69) is 4.98 Å². The van der Waals surface area contributed by atoms with Crippen LogP contribution in [0.15, 0.2) is 16.5 Å². The highest BCUT2D eigenvalue weighted by Crippen LogP contribution is 2.27. The van der Waals surface area contributed by atoms with E-state index >= 15 is 0 Å². The lowest BCUT2D eigenvalue weighted by Gasteiger charge is -2.14. The third kappa shape index (κ3) is 1.88. The number of carbonyl (C=O) groups is 1. The number of hydrogen-bond acceptors (Lipinski definition) is 4. The van der Waals surface area contributed by atoms with Gasteiger partial charge in [-0.1, -0.05) is 0 Å². The van der Waals surface area contributed by atoms with Crippen LogP contribution in [0.2, 0.25) is 0 Å². The second kappa shape index (κ2) is 4.44. The van der Waals surface area contributed by atoms with Crippen LogP contribution in [0, 0.1) is 0 Å². The molecule has 2 aromatic rings. The Labute approximate surface area is 105 Å². The molecule has 0 atom stereocenters. The van der Waals surface area contributed by atoms with E-state index in [1.807, 2.05) is 12.1 Å². The summed E-state index contributed by atoms with van der Waals surface area (Å²) < 4.78 is 10.4. The lowest BCUT2D eigenvalue weighted by molar-refractivity contribution is 0.0483. The molecule has 3 rings (SSSR count). The van der Waals surface area contributed by atoms with Crippen LogP contribution < -0.4 is 0 Å². The number of aromatic nitrogens is 1. The Bertz CT molecular complexity index is 557. The molecule has 0 amide bonds. The van der Waals surface area contributed by atoms with Crippen molar-refractivity contribution >= 4 is 17.1 Å². The summed E-state index contributed by atoms with van der Waals surface area (Å²) in [5, 5.41) is 0. The van der Waals surface area contributed by atoms with Crippen LogP contribution in [0.25, 0.3) is 11.1 Å². The Kier molecular flexibility index (Phi) is 2.78. The van der Waals surface area contributed by atoms with E-state index in [-0.39, 0.29) is 5.89 Å². The maximum absolute atomic E-state index is 11.6. The van der Waals surface area contributed by atoms with Gasteiger partial charge < -0.3 is 9.15 Å². The number of fused-ring (bicyclic) bond motifs is 2. The molecule has 4 nitrogen and oxygen atoms in total. The molecule has 0 unspecified atom stereocenters. The van der Waals surface area contributed by atoms with Crippen molar-refractivity contribution in [3.8, 4) is 0 Å². The predicted molar refractivity (Wildman–Crippen MR) is 66.6 cm³/mol. The Morgan fingerprint density at radius 1 is 1.33 bits per heavy atom. The fourth-order valence-electron chi connectivity index (χ4n) is 2.44. The van der Waals surface area contributed by atoms with Crippen molar-refractivity contribution in [3.63, 3.8) is 0 Å². The molecular formula is C14H15NO3. The molecule has 0 radical (unpaired) electrons. The number of hydrogen-bond donors (Lipinski definition) is 0. The molecule has 0 saturated carbocycles. The van der Waals surface area contributed by atoms with Crippen molar-refractivity contribution in [1.82, 2.24) is 4.98 Å². The molecule has 1 aromatic heterocycles. The normalized spacial score (nSPS) is 14.5. The number of ether oxygens (including phenoxy) is 1. The fourth-order valence-corrected chi connectivity index (χ4v) is 2.44. The van der Waals surface area contributed by atoms with Gasteiger partial charge >= 0.3 is 11.9 Å². The number of carbonyl (C=O) groups excluding carboxylic acids is 1. The summed E-state index contributed by atoms with van der Waals surface area (Å²) in [6.45, 7) is 2.09. The number of oxazole rings is 1. The second-order valence-electron chi connectivity index (χ2n) is 4.54. The first-order valence-corrected chi connectivity index (χ1v) is 6.37. The third-order valence-corrected chi connectivity index (χ3v) is 3.30. The average Bonchev–Trinajstić information content (AvgIpc) is 2.79. The first-order valence-electron chi connectivity index (χ1n) is 6.37. The lowest BCUT2D eigenvalue weighted by atomic mass is 9.91. The van der Waals surface area contributed by atoms with E-state index in [4.69, 9.17) is 9.15 Å². The van der Waals surface area contributed by atoms with Gasteiger partial charge in [-0.15, -0.1) is 0 Å². The van der Waals surface area contributed by atoms with Gasteiger partial charge in [0.05, 0.1) is 6.61 Å². The highest BCUT2D eigenvalue weighted by atomic mass is 16.5. The van der Waals surface area contributed by atoms with Crippen LogP contribution in [0.3, 0.4) is 0 Å². The molecule has 0 bridgehead atoms. The molecule has 1 aromatic carbocycles. The molecule has 94 valence electrons. The predicted octanol–water partition coefficient (Wildman–Crippen LogP) is 2.88. The minimum absolute atomic E-state index is 0.0502. The van der Waals surface area contributed by atoms with E-state index in [9.17, 15) is 4.79 Å². The van der Waals surface area contributed by atoms with Gasteiger partial charge in [-0.25, -0.2) is 9.78 Å². The molecule has 0 fully saturated rings. The van der Waals surface area contributed by atoms with E-state index in [0.717, 1.165) is 18.4 Å². The SMILES string of the molecule is CCOC(=O)c1nc2cc3c(cc2o1)CCCC3. The highest BCUT2D eigenvalue weighted by Gasteiger charge is 2.18. The third-order valence-electron chi connectivity index (χ3n) is 3.30. The maximum Gasteiger partial charge on any atom is 0.394 e. The fraction of sp³-hybridized carbons (Fsp3) is 0.429. The first-order chi connectivity index (χ1) is 8.78. The summed E-state index contributed by atoms with van der Waals surface area (Å²) in [5.74, 6) is -0.444.